The molecule has 4 rings (SSSR count). The number of benzene rings is 2. The maximum absolute atomic E-state index is 13.0. The summed E-state index contributed by atoms with van der Waals surface area (Å²) in [6, 6.07) is 14.9. The van der Waals surface area contributed by atoms with Gasteiger partial charge in [-0.05, 0) is 49.2 Å². The van der Waals surface area contributed by atoms with Crippen molar-refractivity contribution >= 4 is 5.91 Å². The Morgan fingerprint density at radius 1 is 1.12 bits per heavy atom. The van der Waals surface area contributed by atoms with Gasteiger partial charge in [-0.15, -0.1) is 0 Å². The van der Waals surface area contributed by atoms with Gasteiger partial charge in [-0.3, -0.25) is 4.79 Å². The quantitative estimate of drug-likeness (QED) is 0.728. The van der Waals surface area contributed by atoms with E-state index in [1.807, 2.05) is 18.2 Å². The standard InChI is InChI=1S/C19H16FN3O2/c20-15-10-8-13(9-11-15)17-21-18(25-22-17)16-7-4-12-23(16)19(24)14-5-2-1-3-6-14/h1-3,5-6,8-11,16H,4,7,12H2/t16-/m1/s1. The van der Waals surface area contributed by atoms with Gasteiger partial charge in [-0.1, -0.05) is 23.4 Å². The maximum atomic E-state index is 13.0. The van der Waals surface area contributed by atoms with Crippen molar-refractivity contribution in [3.63, 3.8) is 0 Å². The van der Waals surface area contributed by atoms with E-state index < -0.39 is 0 Å². The minimum atomic E-state index is -0.317. The summed E-state index contributed by atoms with van der Waals surface area (Å²) in [6.45, 7) is 0.659. The first-order valence-corrected chi connectivity index (χ1v) is 8.18. The molecule has 0 radical (unpaired) electrons. The summed E-state index contributed by atoms with van der Waals surface area (Å²) in [5, 5.41) is 3.98. The number of aromatic nitrogens is 2. The molecule has 5 nitrogen and oxygen atoms in total. The Morgan fingerprint density at radius 2 is 1.88 bits per heavy atom. The topological polar surface area (TPSA) is 59.2 Å². The van der Waals surface area contributed by atoms with Gasteiger partial charge in [0.05, 0.1) is 0 Å². The van der Waals surface area contributed by atoms with Crippen molar-refractivity contribution in [1.29, 1.82) is 0 Å². The monoisotopic (exact) mass is 337 g/mol. The van der Waals surface area contributed by atoms with Gasteiger partial charge in [0.15, 0.2) is 0 Å². The summed E-state index contributed by atoms with van der Waals surface area (Å²) in [5.74, 6) is 0.461. The Labute approximate surface area is 144 Å². The third-order valence-electron chi connectivity index (χ3n) is 4.36. The molecule has 1 fully saturated rings. The second kappa shape index (κ2) is 6.47. The van der Waals surface area contributed by atoms with E-state index in [2.05, 4.69) is 10.1 Å². The number of likely N-dealkylation sites (tertiary alicyclic amines) is 1. The zero-order valence-electron chi connectivity index (χ0n) is 13.4. The van der Waals surface area contributed by atoms with Crippen LogP contribution in [0.25, 0.3) is 11.4 Å². The summed E-state index contributed by atoms with van der Waals surface area (Å²) in [5.41, 5.74) is 1.32. The van der Waals surface area contributed by atoms with Crippen molar-refractivity contribution in [3.05, 3.63) is 71.9 Å². The molecule has 25 heavy (non-hydrogen) atoms. The lowest BCUT2D eigenvalue weighted by Crippen LogP contribution is -2.30. The molecule has 1 aromatic heterocycles. The Kier molecular flexibility index (Phi) is 4.01. The molecule has 1 saturated heterocycles. The van der Waals surface area contributed by atoms with E-state index in [9.17, 15) is 9.18 Å². The summed E-state index contributed by atoms with van der Waals surface area (Å²) in [6.07, 6.45) is 1.67. The number of hydrogen-bond donors (Lipinski definition) is 0. The van der Waals surface area contributed by atoms with Crippen LogP contribution in [0, 0.1) is 5.82 Å². The molecule has 3 aromatic rings. The van der Waals surface area contributed by atoms with Crippen molar-refractivity contribution < 1.29 is 13.7 Å². The normalized spacial score (nSPS) is 17.0. The van der Waals surface area contributed by atoms with Gasteiger partial charge in [0.1, 0.15) is 11.9 Å². The molecule has 1 amide bonds. The molecule has 0 bridgehead atoms. The van der Waals surface area contributed by atoms with E-state index >= 15 is 0 Å². The summed E-state index contributed by atoms with van der Waals surface area (Å²) < 4.78 is 18.4. The Hall–Kier alpha value is -3.02. The van der Waals surface area contributed by atoms with E-state index in [4.69, 9.17) is 4.52 Å². The highest BCUT2D eigenvalue weighted by molar-refractivity contribution is 5.94. The van der Waals surface area contributed by atoms with Gasteiger partial charge in [-0.25, -0.2) is 4.39 Å². The molecule has 126 valence electrons. The van der Waals surface area contributed by atoms with Crippen molar-refractivity contribution in [1.82, 2.24) is 15.0 Å². The third kappa shape index (κ3) is 3.03. The number of hydrogen-bond acceptors (Lipinski definition) is 4. The molecule has 0 unspecified atom stereocenters. The fourth-order valence-corrected chi connectivity index (χ4v) is 3.10. The van der Waals surface area contributed by atoms with Crippen molar-refractivity contribution in [3.8, 4) is 11.4 Å². The minimum Gasteiger partial charge on any atom is -0.337 e. The molecule has 1 atom stereocenters. The zero-order valence-corrected chi connectivity index (χ0v) is 13.4. The second-order valence-corrected chi connectivity index (χ2v) is 5.99. The fraction of sp³-hybridized carbons (Fsp3) is 0.211. The first-order chi connectivity index (χ1) is 12.2. The number of halogens is 1. The molecule has 1 aliphatic heterocycles. The lowest BCUT2D eigenvalue weighted by atomic mass is 10.1. The van der Waals surface area contributed by atoms with Gasteiger partial charge in [-0.2, -0.15) is 4.98 Å². The number of amides is 1. The largest absolute Gasteiger partial charge is 0.337 e. The van der Waals surface area contributed by atoms with Crippen LogP contribution in [0.1, 0.15) is 35.1 Å². The highest BCUT2D eigenvalue weighted by atomic mass is 19.1. The van der Waals surface area contributed by atoms with Gasteiger partial charge in [0.2, 0.25) is 11.7 Å². The van der Waals surface area contributed by atoms with Crippen molar-refractivity contribution in [2.75, 3.05) is 6.54 Å². The first-order valence-electron chi connectivity index (χ1n) is 8.18. The van der Waals surface area contributed by atoms with E-state index in [-0.39, 0.29) is 17.8 Å². The highest BCUT2D eigenvalue weighted by Crippen LogP contribution is 2.33. The van der Waals surface area contributed by atoms with Crippen LogP contribution in [-0.2, 0) is 0 Å². The SMILES string of the molecule is O=C(c1ccccc1)N1CCC[C@@H]1c1nc(-c2ccc(F)cc2)no1. The van der Waals surface area contributed by atoms with Gasteiger partial charge < -0.3 is 9.42 Å². The van der Waals surface area contributed by atoms with Crippen molar-refractivity contribution in [2.45, 2.75) is 18.9 Å². The van der Waals surface area contributed by atoms with Crippen LogP contribution in [0.5, 0.6) is 0 Å². The minimum absolute atomic E-state index is 0.0374. The first kappa shape index (κ1) is 15.5. The Morgan fingerprint density at radius 3 is 2.64 bits per heavy atom. The molecule has 6 heteroatoms. The molecule has 0 N–H and O–H groups in total. The lowest BCUT2D eigenvalue weighted by Gasteiger charge is -2.21. The Balaban J connectivity index is 1.59. The van der Waals surface area contributed by atoms with Crippen molar-refractivity contribution in [2.24, 2.45) is 0 Å². The fourth-order valence-electron chi connectivity index (χ4n) is 3.10. The van der Waals surface area contributed by atoms with Crippen LogP contribution < -0.4 is 0 Å². The zero-order chi connectivity index (χ0) is 17.2. The number of nitrogens with zero attached hydrogens (tertiary/aromatic N) is 3. The Bertz CT molecular complexity index is 877. The van der Waals surface area contributed by atoms with Gasteiger partial charge in [0.25, 0.3) is 5.91 Å². The summed E-state index contributed by atoms with van der Waals surface area (Å²) >= 11 is 0. The molecule has 1 aliphatic rings. The molecule has 2 aromatic carbocycles. The maximum Gasteiger partial charge on any atom is 0.254 e. The van der Waals surface area contributed by atoms with Crippen LogP contribution in [0.4, 0.5) is 4.39 Å². The highest BCUT2D eigenvalue weighted by Gasteiger charge is 2.34. The predicted octanol–water partition coefficient (Wildman–Crippen LogP) is 3.85. The van der Waals surface area contributed by atoms with Crippen LogP contribution in [0.3, 0.4) is 0 Å². The molecule has 0 aliphatic carbocycles. The van der Waals surface area contributed by atoms with E-state index in [0.717, 1.165) is 12.8 Å². The molecular formula is C19H16FN3O2. The van der Waals surface area contributed by atoms with Gasteiger partial charge >= 0.3 is 0 Å². The van der Waals surface area contributed by atoms with Gasteiger partial charge in [0, 0.05) is 17.7 Å². The average Bonchev–Trinajstić information content (AvgIpc) is 3.31. The number of rotatable bonds is 3. The van der Waals surface area contributed by atoms with Crippen LogP contribution in [0.15, 0.2) is 59.1 Å². The van der Waals surface area contributed by atoms with E-state index in [1.165, 1.54) is 12.1 Å². The third-order valence-corrected chi connectivity index (χ3v) is 4.36. The molecular weight excluding hydrogens is 321 g/mol. The summed E-state index contributed by atoms with van der Waals surface area (Å²) in [4.78, 5) is 18.9. The lowest BCUT2D eigenvalue weighted by molar-refractivity contribution is 0.0710. The predicted molar refractivity (Wildman–Crippen MR) is 89.1 cm³/mol. The second-order valence-electron chi connectivity index (χ2n) is 5.99. The smallest absolute Gasteiger partial charge is 0.254 e. The molecule has 2 heterocycles. The number of carbonyl (C=O) groups excluding carboxylic acids is 1. The number of carbonyl (C=O) groups is 1. The average molecular weight is 337 g/mol. The van der Waals surface area contributed by atoms with Crippen LogP contribution in [-0.4, -0.2) is 27.5 Å². The molecule has 0 saturated carbocycles. The van der Waals surface area contributed by atoms with Crippen LogP contribution in [0.2, 0.25) is 0 Å². The summed E-state index contributed by atoms with van der Waals surface area (Å²) in [7, 11) is 0. The van der Waals surface area contributed by atoms with Crippen LogP contribution >= 0.6 is 0 Å². The van der Waals surface area contributed by atoms with E-state index in [0.29, 0.717) is 29.4 Å². The van der Waals surface area contributed by atoms with E-state index in [1.54, 1.807) is 29.2 Å². The molecule has 0 spiro atoms.